The number of amides is 1. The fourth-order valence-corrected chi connectivity index (χ4v) is 3.91. The van der Waals surface area contributed by atoms with Gasteiger partial charge in [0.15, 0.2) is 0 Å². The van der Waals surface area contributed by atoms with E-state index in [0.29, 0.717) is 36.6 Å². The molecule has 0 aliphatic carbocycles. The number of carbonyl (C=O) groups excluding carboxylic acids is 1. The van der Waals surface area contributed by atoms with Crippen LogP contribution in [0.25, 0.3) is 0 Å². The second kappa shape index (κ2) is 10.5. The molecule has 0 heterocycles. The number of nitrogens with one attached hydrogen (secondary N) is 2. The van der Waals surface area contributed by atoms with Gasteiger partial charge in [-0.2, -0.15) is 0 Å². The summed E-state index contributed by atoms with van der Waals surface area (Å²) in [6, 6.07) is 11.3. The first-order chi connectivity index (χ1) is 13.4. The van der Waals surface area contributed by atoms with Crippen molar-refractivity contribution >= 4 is 33.4 Å². The van der Waals surface area contributed by atoms with Crippen molar-refractivity contribution in [2.75, 3.05) is 38.9 Å². The first-order valence-corrected chi connectivity index (χ1v) is 11.2. The molecule has 0 aliphatic heterocycles. The van der Waals surface area contributed by atoms with E-state index in [2.05, 4.69) is 10.0 Å². The van der Waals surface area contributed by atoms with E-state index in [4.69, 9.17) is 9.47 Å². The highest BCUT2D eigenvalue weighted by Crippen LogP contribution is 2.26. The van der Waals surface area contributed by atoms with Gasteiger partial charge in [0.1, 0.15) is 5.75 Å². The maximum atomic E-state index is 12.5. The number of thioether (sulfide) groups is 1. The molecule has 0 saturated heterocycles. The Kier molecular flexibility index (Phi) is 8.31. The lowest BCUT2D eigenvalue weighted by Gasteiger charge is -2.11. The van der Waals surface area contributed by atoms with E-state index in [1.165, 1.54) is 19.2 Å². The molecule has 0 atom stereocenters. The van der Waals surface area contributed by atoms with E-state index in [1.807, 2.05) is 12.3 Å². The summed E-state index contributed by atoms with van der Waals surface area (Å²) in [6.07, 6.45) is 2.53. The second-order valence-electron chi connectivity index (χ2n) is 5.79. The Morgan fingerprint density at radius 1 is 1.11 bits per heavy atom. The molecule has 1 amide bonds. The number of hydrogen-bond acceptors (Lipinski definition) is 6. The smallest absolute Gasteiger partial charge is 0.259 e. The van der Waals surface area contributed by atoms with Crippen molar-refractivity contribution in [2.24, 2.45) is 0 Å². The number of sulfonamides is 1. The van der Waals surface area contributed by atoms with Crippen LogP contribution in [0.4, 0.5) is 5.69 Å². The predicted molar refractivity (Wildman–Crippen MR) is 111 cm³/mol. The topological polar surface area (TPSA) is 93.7 Å². The average molecular weight is 425 g/mol. The molecule has 0 saturated carbocycles. The largest absolute Gasteiger partial charge is 0.496 e. The number of rotatable bonds is 10. The third kappa shape index (κ3) is 5.96. The number of benzene rings is 2. The van der Waals surface area contributed by atoms with E-state index in [0.717, 1.165) is 4.90 Å². The average Bonchev–Trinajstić information content (AvgIpc) is 2.71. The quantitative estimate of drug-likeness (QED) is 0.450. The van der Waals surface area contributed by atoms with Gasteiger partial charge in [0.2, 0.25) is 10.0 Å². The van der Waals surface area contributed by atoms with Gasteiger partial charge in [0.25, 0.3) is 5.91 Å². The van der Waals surface area contributed by atoms with Gasteiger partial charge in [-0.05, 0) is 55.1 Å². The van der Waals surface area contributed by atoms with Crippen molar-refractivity contribution in [1.29, 1.82) is 0 Å². The Hall–Kier alpha value is -2.07. The number of carbonyl (C=O) groups is 1. The molecule has 2 rings (SSSR count). The molecular formula is C19H24N2O5S2. The summed E-state index contributed by atoms with van der Waals surface area (Å²) in [5, 5.41) is 2.75. The fourth-order valence-electron chi connectivity index (χ4n) is 2.41. The molecule has 2 aromatic rings. The number of anilines is 1. The zero-order valence-electron chi connectivity index (χ0n) is 16.0. The summed E-state index contributed by atoms with van der Waals surface area (Å²) in [5.41, 5.74) is 0.885. The normalized spacial score (nSPS) is 11.2. The Balaban J connectivity index is 2.07. The minimum Gasteiger partial charge on any atom is -0.496 e. The third-order valence-electron chi connectivity index (χ3n) is 3.89. The Labute approximate surface area is 169 Å². The van der Waals surface area contributed by atoms with Crippen molar-refractivity contribution in [3.63, 3.8) is 0 Å². The summed E-state index contributed by atoms with van der Waals surface area (Å²) < 4.78 is 37.2. The Morgan fingerprint density at radius 2 is 1.82 bits per heavy atom. The van der Waals surface area contributed by atoms with Crippen molar-refractivity contribution < 1.29 is 22.7 Å². The Bertz CT molecular complexity index is 899. The molecule has 0 radical (unpaired) electrons. The SMILES string of the molecule is COCCCNS(=O)(=O)c1ccc(NC(=O)c2ccc(SC)cc2OC)cc1. The van der Waals surface area contributed by atoms with Crippen molar-refractivity contribution in [3.8, 4) is 5.75 Å². The first-order valence-electron chi connectivity index (χ1n) is 8.53. The van der Waals surface area contributed by atoms with Gasteiger partial charge in [-0.25, -0.2) is 13.1 Å². The van der Waals surface area contributed by atoms with E-state index < -0.39 is 10.0 Å². The molecule has 7 nitrogen and oxygen atoms in total. The summed E-state index contributed by atoms with van der Waals surface area (Å²) in [5.74, 6) is 0.140. The van der Waals surface area contributed by atoms with Crippen molar-refractivity contribution in [3.05, 3.63) is 48.0 Å². The van der Waals surface area contributed by atoms with Crippen LogP contribution in [0.15, 0.2) is 52.3 Å². The molecule has 2 N–H and O–H groups in total. The minimum atomic E-state index is -3.60. The number of methoxy groups -OCH3 is 2. The lowest BCUT2D eigenvalue weighted by atomic mass is 10.2. The predicted octanol–water partition coefficient (Wildman–Crippen LogP) is 2.98. The molecule has 2 aromatic carbocycles. The first kappa shape index (κ1) is 22.2. The zero-order valence-corrected chi connectivity index (χ0v) is 17.7. The van der Waals surface area contributed by atoms with Crippen LogP contribution in [0.3, 0.4) is 0 Å². The molecule has 0 bridgehead atoms. The van der Waals surface area contributed by atoms with Crippen molar-refractivity contribution in [2.45, 2.75) is 16.2 Å². The van der Waals surface area contributed by atoms with Crippen LogP contribution in [0.2, 0.25) is 0 Å². The highest BCUT2D eigenvalue weighted by Gasteiger charge is 2.15. The van der Waals surface area contributed by atoms with Crippen molar-refractivity contribution in [1.82, 2.24) is 4.72 Å². The minimum absolute atomic E-state index is 0.129. The summed E-state index contributed by atoms with van der Waals surface area (Å²) >= 11 is 1.55. The molecule has 0 fully saturated rings. The van der Waals surface area contributed by atoms with Crippen LogP contribution >= 0.6 is 11.8 Å². The van der Waals surface area contributed by atoms with Crippen LogP contribution in [-0.4, -0.2) is 48.0 Å². The number of hydrogen-bond donors (Lipinski definition) is 2. The molecule has 28 heavy (non-hydrogen) atoms. The molecular weight excluding hydrogens is 400 g/mol. The molecule has 0 aromatic heterocycles. The molecule has 152 valence electrons. The molecule has 9 heteroatoms. The lowest BCUT2D eigenvalue weighted by molar-refractivity contribution is 0.102. The molecule has 0 aliphatic rings. The fraction of sp³-hybridized carbons (Fsp3) is 0.316. The molecule has 0 spiro atoms. The third-order valence-corrected chi connectivity index (χ3v) is 6.10. The summed E-state index contributed by atoms with van der Waals surface area (Å²) in [4.78, 5) is 13.7. The van der Waals surface area contributed by atoms with E-state index in [9.17, 15) is 13.2 Å². The maximum absolute atomic E-state index is 12.5. The van der Waals surface area contributed by atoms with Gasteiger partial charge in [-0.15, -0.1) is 11.8 Å². The highest BCUT2D eigenvalue weighted by molar-refractivity contribution is 7.98. The zero-order chi connectivity index (χ0) is 20.6. The van der Waals surface area contributed by atoms with E-state index in [-0.39, 0.29) is 10.8 Å². The second-order valence-corrected chi connectivity index (χ2v) is 8.44. The van der Waals surface area contributed by atoms with Gasteiger partial charge in [-0.3, -0.25) is 4.79 Å². The number of ether oxygens (including phenoxy) is 2. The summed E-state index contributed by atoms with van der Waals surface area (Å²) in [7, 11) is -0.524. The van der Waals surface area contributed by atoms with E-state index in [1.54, 1.807) is 43.1 Å². The highest BCUT2D eigenvalue weighted by atomic mass is 32.2. The van der Waals surface area contributed by atoms with Crippen LogP contribution in [0.1, 0.15) is 16.8 Å². The van der Waals surface area contributed by atoms with Crippen LogP contribution in [-0.2, 0) is 14.8 Å². The Morgan fingerprint density at radius 3 is 2.43 bits per heavy atom. The van der Waals surface area contributed by atoms with Gasteiger partial charge in [0, 0.05) is 30.8 Å². The van der Waals surface area contributed by atoms with Gasteiger partial charge in [-0.1, -0.05) is 0 Å². The monoisotopic (exact) mass is 424 g/mol. The van der Waals surface area contributed by atoms with Crippen LogP contribution in [0, 0.1) is 0 Å². The van der Waals surface area contributed by atoms with Gasteiger partial charge < -0.3 is 14.8 Å². The van der Waals surface area contributed by atoms with Gasteiger partial charge in [0.05, 0.1) is 17.6 Å². The van der Waals surface area contributed by atoms with E-state index >= 15 is 0 Å². The standard InChI is InChI=1S/C19H24N2O5S2/c1-25-12-4-11-20-28(23,24)16-8-5-14(6-9-16)21-19(22)17-10-7-15(27-3)13-18(17)26-2/h5-10,13,20H,4,11-12H2,1-3H3,(H,21,22). The van der Waals surface area contributed by atoms with Gasteiger partial charge >= 0.3 is 0 Å². The summed E-state index contributed by atoms with van der Waals surface area (Å²) in [6.45, 7) is 0.773. The molecule has 0 unspecified atom stereocenters. The lowest BCUT2D eigenvalue weighted by Crippen LogP contribution is -2.25. The maximum Gasteiger partial charge on any atom is 0.259 e. The van der Waals surface area contributed by atoms with Crippen LogP contribution < -0.4 is 14.8 Å². The van der Waals surface area contributed by atoms with Crippen LogP contribution in [0.5, 0.6) is 5.75 Å².